The van der Waals surface area contributed by atoms with Gasteiger partial charge in [0.15, 0.2) is 18.0 Å². The molecule has 2 N–H and O–H groups in total. The van der Waals surface area contributed by atoms with Crippen molar-refractivity contribution in [2.45, 2.75) is 103 Å². The van der Waals surface area contributed by atoms with Crippen LogP contribution >= 0.6 is 0 Å². The van der Waals surface area contributed by atoms with Crippen molar-refractivity contribution in [2.24, 2.45) is 28.6 Å². The Morgan fingerprint density at radius 3 is 2.37 bits per heavy atom. The summed E-state index contributed by atoms with van der Waals surface area (Å²) < 4.78 is 11.3. The lowest BCUT2D eigenvalue weighted by molar-refractivity contribution is -0.191. The lowest BCUT2D eigenvalue weighted by Crippen LogP contribution is -2.59. The molecule has 0 aromatic heterocycles. The van der Waals surface area contributed by atoms with Crippen molar-refractivity contribution >= 4 is 35.4 Å². The van der Waals surface area contributed by atoms with Crippen molar-refractivity contribution in [3.63, 3.8) is 0 Å². The Labute approximate surface area is 269 Å². The Kier molecular flexibility index (Phi) is 9.57. The molecule has 3 fully saturated rings. The molecule has 0 saturated heterocycles. The van der Waals surface area contributed by atoms with Gasteiger partial charge in [0.2, 0.25) is 11.7 Å². The standard InChI is InChI=1S/C36H45NO9/c1-22(38)46-36(18-15-28-26-10-9-24-20-25(39)13-16-34(24,2)27(26)14-17-35(28,36)3)30(40)21-45-32(42)12-11-31(41)37-29(33(43)44)19-23-7-5-4-6-8-23/h4-8,20,26-29H,9-19,21H2,1-3H3,(H,37,41)(H,43,44). The lowest BCUT2D eigenvalue weighted by Gasteiger charge is -2.59. The number of amides is 1. The second-order valence-electron chi connectivity index (χ2n) is 14.1. The molecule has 0 heterocycles. The van der Waals surface area contributed by atoms with Crippen molar-refractivity contribution in [2.75, 3.05) is 6.61 Å². The van der Waals surface area contributed by atoms with E-state index in [9.17, 15) is 33.9 Å². The van der Waals surface area contributed by atoms with Gasteiger partial charge < -0.3 is 19.9 Å². The lowest BCUT2D eigenvalue weighted by atomic mass is 9.46. The molecule has 0 radical (unpaired) electrons. The van der Waals surface area contributed by atoms with Crippen molar-refractivity contribution in [3.8, 4) is 0 Å². The molecule has 4 aliphatic carbocycles. The van der Waals surface area contributed by atoms with Gasteiger partial charge in [0.25, 0.3) is 0 Å². The van der Waals surface area contributed by atoms with Crippen LogP contribution in [0.2, 0.25) is 0 Å². The molecule has 0 bridgehead atoms. The summed E-state index contributed by atoms with van der Waals surface area (Å²) in [5.74, 6) is -2.53. The van der Waals surface area contributed by atoms with Crippen LogP contribution in [-0.4, -0.2) is 58.7 Å². The summed E-state index contributed by atoms with van der Waals surface area (Å²) >= 11 is 0. The molecule has 0 spiro atoms. The summed E-state index contributed by atoms with van der Waals surface area (Å²) in [7, 11) is 0. The fourth-order valence-corrected chi connectivity index (χ4v) is 9.35. The first-order chi connectivity index (χ1) is 21.8. The molecule has 10 heteroatoms. The van der Waals surface area contributed by atoms with Crippen LogP contribution < -0.4 is 5.32 Å². The van der Waals surface area contributed by atoms with E-state index in [1.165, 1.54) is 12.5 Å². The minimum absolute atomic E-state index is 0.0390. The van der Waals surface area contributed by atoms with Gasteiger partial charge in [-0.25, -0.2) is 4.79 Å². The van der Waals surface area contributed by atoms with Crippen LogP contribution in [0.15, 0.2) is 42.0 Å². The van der Waals surface area contributed by atoms with Crippen LogP contribution in [0, 0.1) is 28.6 Å². The van der Waals surface area contributed by atoms with Gasteiger partial charge in [0.05, 0.1) is 6.42 Å². The summed E-state index contributed by atoms with van der Waals surface area (Å²) in [6.45, 7) is 5.04. The number of carboxylic acid groups (broad SMARTS) is 1. The third-order valence-corrected chi connectivity index (χ3v) is 11.7. The summed E-state index contributed by atoms with van der Waals surface area (Å²) in [5, 5.41) is 12.0. The zero-order valence-corrected chi connectivity index (χ0v) is 27.0. The predicted octanol–water partition coefficient (Wildman–Crippen LogP) is 4.52. The quantitative estimate of drug-likeness (QED) is 0.334. The van der Waals surface area contributed by atoms with Crippen LogP contribution in [0.25, 0.3) is 0 Å². The largest absolute Gasteiger partial charge is 0.480 e. The van der Waals surface area contributed by atoms with E-state index in [0.29, 0.717) is 37.5 Å². The number of hydrogen-bond acceptors (Lipinski definition) is 8. The van der Waals surface area contributed by atoms with Crippen LogP contribution in [-0.2, 0) is 44.7 Å². The molecule has 1 aromatic carbocycles. The van der Waals surface area contributed by atoms with Crippen LogP contribution in [0.1, 0.15) is 90.5 Å². The molecular formula is C36H45NO9. The van der Waals surface area contributed by atoms with E-state index in [2.05, 4.69) is 12.2 Å². The van der Waals surface area contributed by atoms with Crippen molar-refractivity contribution < 1.29 is 43.3 Å². The SMILES string of the molecule is CC(=O)OC1(C(=O)COC(=O)CCC(=O)NC(Cc2ccccc2)C(=O)O)CCC2C3CCC4=CC(=O)CCC4(C)C3CCC21C. The van der Waals surface area contributed by atoms with E-state index in [0.717, 1.165) is 31.2 Å². The Bertz CT molecular complexity index is 1440. The molecule has 3 saturated carbocycles. The van der Waals surface area contributed by atoms with E-state index in [4.69, 9.17) is 9.47 Å². The molecule has 4 aliphatic rings. The highest BCUT2D eigenvalue weighted by Crippen LogP contribution is 2.68. The van der Waals surface area contributed by atoms with Crippen LogP contribution in [0.5, 0.6) is 0 Å². The predicted molar refractivity (Wildman–Crippen MR) is 166 cm³/mol. The number of rotatable bonds is 11. The number of aliphatic carboxylic acids is 1. The van der Waals surface area contributed by atoms with E-state index in [-0.39, 0.29) is 36.4 Å². The summed E-state index contributed by atoms with van der Waals surface area (Å²) in [4.78, 5) is 75.4. The second kappa shape index (κ2) is 13.1. The number of fused-ring (bicyclic) bond motifs is 5. The Morgan fingerprint density at radius 2 is 1.67 bits per heavy atom. The van der Waals surface area contributed by atoms with E-state index in [1.807, 2.05) is 19.1 Å². The molecule has 5 rings (SSSR count). The number of ketones is 2. The molecule has 7 atom stereocenters. The van der Waals surface area contributed by atoms with Crippen molar-refractivity contribution in [1.29, 1.82) is 0 Å². The highest BCUT2D eigenvalue weighted by molar-refractivity contribution is 5.94. The van der Waals surface area contributed by atoms with Crippen LogP contribution in [0.3, 0.4) is 0 Å². The van der Waals surface area contributed by atoms with Gasteiger partial charge in [0.1, 0.15) is 6.04 Å². The number of benzene rings is 1. The maximum atomic E-state index is 13.9. The van der Waals surface area contributed by atoms with Gasteiger partial charge in [-0.05, 0) is 79.8 Å². The first-order valence-corrected chi connectivity index (χ1v) is 16.5. The fraction of sp³-hybridized carbons (Fsp3) is 0.611. The molecule has 1 amide bonds. The molecule has 46 heavy (non-hydrogen) atoms. The third-order valence-electron chi connectivity index (χ3n) is 11.7. The number of nitrogens with one attached hydrogen (secondary N) is 1. The van der Waals surface area contributed by atoms with Gasteiger partial charge in [-0.1, -0.05) is 49.8 Å². The maximum Gasteiger partial charge on any atom is 0.326 e. The summed E-state index contributed by atoms with van der Waals surface area (Å²) in [6.07, 6.45) is 7.10. The minimum Gasteiger partial charge on any atom is -0.480 e. The Morgan fingerprint density at radius 1 is 0.957 bits per heavy atom. The number of carbonyl (C=O) groups is 6. The number of allylic oxidation sites excluding steroid dienone is 1. The van der Waals surface area contributed by atoms with Gasteiger partial charge in [-0.3, -0.25) is 24.0 Å². The zero-order chi connectivity index (χ0) is 33.3. The zero-order valence-electron chi connectivity index (χ0n) is 27.0. The number of Topliss-reactive ketones (excluding diaryl/α,β-unsaturated/α-hetero) is 1. The normalized spacial score (nSPS) is 32.1. The Balaban J connectivity index is 1.21. The molecule has 7 unspecified atom stereocenters. The van der Waals surface area contributed by atoms with Crippen molar-refractivity contribution in [3.05, 3.63) is 47.5 Å². The fourth-order valence-electron chi connectivity index (χ4n) is 9.35. The smallest absolute Gasteiger partial charge is 0.326 e. The molecular weight excluding hydrogens is 590 g/mol. The van der Waals surface area contributed by atoms with E-state index < -0.39 is 53.3 Å². The second-order valence-corrected chi connectivity index (χ2v) is 14.1. The number of hydrogen-bond donors (Lipinski definition) is 2. The summed E-state index contributed by atoms with van der Waals surface area (Å²) in [5.41, 5.74) is -0.0868. The molecule has 10 nitrogen and oxygen atoms in total. The van der Waals surface area contributed by atoms with Crippen molar-refractivity contribution in [1.82, 2.24) is 5.32 Å². The average molecular weight is 636 g/mol. The first-order valence-electron chi connectivity index (χ1n) is 16.5. The van der Waals surface area contributed by atoms with E-state index >= 15 is 0 Å². The first kappa shape index (κ1) is 33.5. The molecule has 248 valence electrons. The topological polar surface area (TPSA) is 153 Å². The summed E-state index contributed by atoms with van der Waals surface area (Å²) in [6, 6.07) is 7.74. The highest BCUT2D eigenvalue weighted by Gasteiger charge is 2.68. The van der Waals surface area contributed by atoms with Gasteiger partial charge >= 0.3 is 17.9 Å². The monoisotopic (exact) mass is 635 g/mol. The number of carbonyl (C=O) groups excluding carboxylic acids is 5. The van der Waals surface area contributed by atoms with Gasteiger partial charge in [0, 0.05) is 31.6 Å². The third kappa shape index (κ3) is 6.27. The number of carboxylic acids is 1. The van der Waals surface area contributed by atoms with Gasteiger partial charge in [-0.2, -0.15) is 0 Å². The molecule has 1 aromatic rings. The van der Waals surface area contributed by atoms with Crippen LogP contribution in [0.4, 0.5) is 0 Å². The van der Waals surface area contributed by atoms with E-state index in [1.54, 1.807) is 24.3 Å². The highest BCUT2D eigenvalue weighted by atomic mass is 16.6. The number of esters is 2. The maximum absolute atomic E-state index is 13.9. The number of ether oxygens (including phenoxy) is 2. The average Bonchev–Trinajstić information content (AvgIpc) is 3.31. The van der Waals surface area contributed by atoms with Gasteiger partial charge in [-0.15, -0.1) is 0 Å². The Hall–Kier alpha value is -3.82. The minimum atomic E-state index is -1.42. The molecule has 0 aliphatic heterocycles.